The van der Waals surface area contributed by atoms with Gasteiger partial charge in [0.15, 0.2) is 0 Å². The van der Waals surface area contributed by atoms with E-state index >= 15 is 0 Å². The van der Waals surface area contributed by atoms with Crippen LogP contribution in [-0.2, 0) is 24.0 Å². The maximum Gasteiger partial charge on any atom is 0.138 e. The number of halogens is 2. The summed E-state index contributed by atoms with van der Waals surface area (Å²) in [5.41, 5.74) is 3.39. The highest BCUT2D eigenvalue weighted by molar-refractivity contribution is 7.84. The van der Waals surface area contributed by atoms with Crippen LogP contribution in [0.5, 0.6) is 5.75 Å². The van der Waals surface area contributed by atoms with Gasteiger partial charge in [0.25, 0.3) is 0 Å². The lowest BCUT2D eigenvalue weighted by Crippen LogP contribution is -2.23. The average molecular weight is 621 g/mol. The number of rotatable bonds is 14. The monoisotopic (exact) mass is 620 g/mol. The van der Waals surface area contributed by atoms with Crippen molar-refractivity contribution in [2.45, 2.75) is 39.0 Å². The van der Waals surface area contributed by atoms with E-state index in [9.17, 15) is 8.60 Å². The Morgan fingerprint density at radius 1 is 1.05 bits per heavy atom. The summed E-state index contributed by atoms with van der Waals surface area (Å²) in [6.45, 7) is 3.68. The third-order valence-corrected chi connectivity index (χ3v) is 8.07. The number of nitrogens with zero attached hydrogens (tertiary/aromatic N) is 2. The van der Waals surface area contributed by atoms with Gasteiger partial charge < -0.3 is 19.8 Å². The summed E-state index contributed by atoms with van der Waals surface area (Å²) in [5.74, 6) is 3.09. The lowest BCUT2D eigenvalue weighted by atomic mass is 10.1. The van der Waals surface area contributed by atoms with Crippen LogP contribution in [0.4, 0.5) is 10.2 Å². The molecule has 0 fully saturated rings. The first-order chi connectivity index (χ1) is 20.9. The zero-order chi connectivity index (χ0) is 30.2. The van der Waals surface area contributed by atoms with Crippen molar-refractivity contribution in [2.75, 3.05) is 23.9 Å². The second-order valence-corrected chi connectivity index (χ2v) is 12.2. The Labute approximate surface area is 258 Å². The molecule has 0 radical (unpaired) electrons. The molecule has 0 spiro atoms. The molecule has 2 N–H and O–H groups in total. The lowest BCUT2D eigenvalue weighted by Gasteiger charge is -2.15. The van der Waals surface area contributed by atoms with Gasteiger partial charge in [-0.1, -0.05) is 36.7 Å². The molecule has 0 saturated heterocycles. The molecule has 0 aliphatic carbocycles. The van der Waals surface area contributed by atoms with E-state index in [2.05, 4.69) is 27.5 Å². The van der Waals surface area contributed by atoms with Crippen molar-refractivity contribution in [2.24, 2.45) is 0 Å². The van der Waals surface area contributed by atoms with Crippen LogP contribution in [0.3, 0.4) is 0 Å². The smallest absolute Gasteiger partial charge is 0.138 e. The Morgan fingerprint density at radius 2 is 1.93 bits per heavy atom. The Balaban J connectivity index is 1.29. The van der Waals surface area contributed by atoms with Crippen LogP contribution in [0, 0.1) is 5.82 Å². The van der Waals surface area contributed by atoms with Crippen molar-refractivity contribution >= 4 is 39.1 Å². The van der Waals surface area contributed by atoms with Crippen molar-refractivity contribution in [3.63, 3.8) is 0 Å². The van der Waals surface area contributed by atoms with Crippen molar-refractivity contribution in [3.8, 4) is 17.1 Å². The molecule has 2 heterocycles. The third kappa shape index (κ3) is 8.19. The number of benzene rings is 3. The highest BCUT2D eigenvalue weighted by Gasteiger charge is 2.17. The van der Waals surface area contributed by atoms with E-state index in [1.807, 2.05) is 48.5 Å². The number of hydrogen-bond acceptors (Lipinski definition) is 7. The average Bonchev–Trinajstić information content (AvgIpc) is 3.49. The predicted molar refractivity (Wildman–Crippen MR) is 171 cm³/mol. The van der Waals surface area contributed by atoms with Crippen molar-refractivity contribution in [1.29, 1.82) is 0 Å². The molecule has 2 aromatic heterocycles. The van der Waals surface area contributed by atoms with Crippen LogP contribution in [0.2, 0.25) is 5.02 Å². The van der Waals surface area contributed by atoms with Gasteiger partial charge in [-0.15, -0.1) is 0 Å². The maximum absolute atomic E-state index is 13.5. The van der Waals surface area contributed by atoms with Crippen LogP contribution >= 0.6 is 11.6 Å². The summed E-state index contributed by atoms with van der Waals surface area (Å²) in [6.07, 6.45) is 5.00. The summed E-state index contributed by atoms with van der Waals surface area (Å²) in [6, 6.07) is 21.8. The number of hydrogen-bond donors (Lipinski definition) is 2. The molecule has 0 saturated carbocycles. The van der Waals surface area contributed by atoms with Crippen LogP contribution in [-0.4, -0.2) is 32.7 Å². The van der Waals surface area contributed by atoms with E-state index in [4.69, 9.17) is 20.8 Å². The molecule has 43 heavy (non-hydrogen) atoms. The highest BCUT2D eigenvalue weighted by atomic mass is 35.5. The zero-order valence-corrected chi connectivity index (χ0v) is 25.7. The largest absolute Gasteiger partial charge is 0.487 e. The Morgan fingerprint density at radius 3 is 2.72 bits per heavy atom. The van der Waals surface area contributed by atoms with E-state index < -0.39 is 10.8 Å². The van der Waals surface area contributed by atoms with Gasteiger partial charge in [-0.05, 0) is 85.1 Å². The topological polar surface area (TPSA) is 89.3 Å². The quantitative estimate of drug-likeness (QED) is 0.132. The van der Waals surface area contributed by atoms with Gasteiger partial charge in [-0.2, -0.15) is 0 Å². The lowest BCUT2D eigenvalue weighted by molar-refractivity contribution is 0.305. The highest BCUT2D eigenvalue weighted by Crippen LogP contribution is 2.31. The molecule has 0 bridgehead atoms. The fourth-order valence-corrected chi connectivity index (χ4v) is 5.56. The molecule has 5 rings (SSSR count). The van der Waals surface area contributed by atoms with Gasteiger partial charge in [-0.3, -0.25) is 4.21 Å². The summed E-state index contributed by atoms with van der Waals surface area (Å²) < 4.78 is 37.3. The number of aromatic nitrogens is 2. The van der Waals surface area contributed by atoms with Crippen molar-refractivity contribution in [1.82, 2.24) is 15.3 Å². The maximum atomic E-state index is 13.5. The molecular formula is C33H34ClFN4O3S. The predicted octanol–water partition coefficient (Wildman–Crippen LogP) is 7.68. The number of fused-ring (bicyclic) bond motifs is 1. The Kier molecular flexibility index (Phi) is 10.4. The first-order valence-electron chi connectivity index (χ1n) is 14.2. The molecule has 3 aromatic carbocycles. The molecule has 0 aliphatic heterocycles. The second-order valence-electron chi connectivity index (χ2n) is 10.3. The van der Waals surface area contributed by atoms with E-state index in [1.54, 1.807) is 18.4 Å². The molecule has 0 amide bonds. The normalized spacial score (nSPS) is 12.7. The number of furan rings is 1. The van der Waals surface area contributed by atoms with Crippen LogP contribution < -0.4 is 15.4 Å². The molecular weight excluding hydrogens is 587 g/mol. The van der Waals surface area contributed by atoms with Crippen LogP contribution in [0.1, 0.15) is 42.7 Å². The molecule has 0 aliphatic rings. The summed E-state index contributed by atoms with van der Waals surface area (Å²) in [7, 11) is -0.868. The van der Waals surface area contributed by atoms with Gasteiger partial charge >= 0.3 is 0 Å². The Hall–Kier alpha value is -3.79. The Bertz CT molecular complexity index is 1710. The first-order valence-corrected chi connectivity index (χ1v) is 16.3. The van der Waals surface area contributed by atoms with Gasteiger partial charge in [0.05, 0.1) is 16.6 Å². The minimum atomic E-state index is -0.868. The first kappa shape index (κ1) is 30.7. The fraction of sp³-hybridized carbons (Fsp3) is 0.273. The van der Waals surface area contributed by atoms with E-state index in [0.29, 0.717) is 28.9 Å². The molecule has 10 heteroatoms. The number of anilines is 1. The van der Waals surface area contributed by atoms with Crippen molar-refractivity contribution in [3.05, 3.63) is 107 Å². The van der Waals surface area contributed by atoms with E-state index in [0.717, 1.165) is 58.5 Å². The van der Waals surface area contributed by atoms with Gasteiger partial charge in [0.2, 0.25) is 0 Å². The van der Waals surface area contributed by atoms with Crippen LogP contribution in [0.15, 0.2) is 83.5 Å². The van der Waals surface area contributed by atoms with E-state index in [-0.39, 0.29) is 18.5 Å². The number of ether oxygens (including phenoxy) is 1. The molecule has 224 valence electrons. The van der Waals surface area contributed by atoms with Gasteiger partial charge in [0, 0.05) is 40.3 Å². The minimum Gasteiger partial charge on any atom is -0.487 e. The second kappa shape index (κ2) is 14.6. The molecule has 7 nitrogen and oxygen atoms in total. The SMILES string of the molecule is CCCNC(CCS(C)=O)c1ccc(-c2ccc3ncnc(NCc4ccc(OCc5cccc(F)c5)c(Cl)c4)c3c2)o1. The molecule has 2 unspecified atom stereocenters. The minimum absolute atomic E-state index is 0.00330. The zero-order valence-electron chi connectivity index (χ0n) is 24.1. The molecule has 2 atom stereocenters. The third-order valence-electron chi connectivity index (χ3n) is 6.96. The van der Waals surface area contributed by atoms with E-state index in [1.165, 1.54) is 18.5 Å². The van der Waals surface area contributed by atoms with Crippen LogP contribution in [0.25, 0.3) is 22.2 Å². The molecule has 5 aromatic rings. The van der Waals surface area contributed by atoms with Gasteiger partial charge in [0.1, 0.15) is 41.8 Å². The fourth-order valence-electron chi connectivity index (χ4n) is 4.74. The van der Waals surface area contributed by atoms with Crippen molar-refractivity contribution < 1.29 is 17.8 Å². The summed E-state index contributed by atoms with van der Waals surface area (Å²) in [5, 5.41) is 8.25. The summed E-state index contributed by atoms with van der Waals surface area (Å²) in [4.78, 5) is 8.93. The standard InChI is InChI=1S/C33H34ClFN4O3S/c1-3-14-36-29(13-15-43(2)40)32-12-11-30(42-32)24-8-9-28-26(18-24)33(39-21-38-28)37-19-22-7-10-31(27(34)17-22)41-20-23-5-4-6-25(35)16-23/h4-12,16-18,21,29,36H,3,13-15,19-20H2,1-2H3,(H,37,38,39). The number of nitrogens with one attached hydrogen (secondary N) is 2. The summed E-state index contributed by atoms with van der Waals surface area (Å²) >= 11 is 6.50. The van der Waals surface area contributed by atoms with Gasteiger partial charge in [-0.25, -0.2) is 14.4 Å².